The average Bonchev–Trinajstić information content (AvgIpc) is 3.24. The molecule has 2 unspecified atom stereocenters. The quantitative estimate of drug-likeness (QED) is 0.791. The van der Waals surface area contributed by atoms with Crippen molar-refractivity contribution in [1.82, 2.24) is 5.32 Å². The zero-order chi connectivity index (χ0) is 13.7. The van der Waals surface area contributed by atoms with Gasteiger partial charge in [-0.2, -0.15) is 0 Å². The van der Waals surface area contributed by atoms with Crippen LogP contribution in [0.15, 0.2) is 30.3 Å². The summed E-state index contributed by atoms with van der Waals surface area (Å²) >= 11 is 0. The summed E-state index contributed by atoms with van der Waals surface area (Å²) in [6.07, 6.45) is 4.76. The molecule has 0 heterocycles. The number of carbonyl (C=O) groups excluding carboxylic acids is 1. The Morgan fingerprint density at radius 3 is 2.58 bits per heavy atom. The Bertz CT molecular complexity index is 400. The Kier molecular flexibility index (Phi) is 4.97. The number of nitrogens with two attached hydrogens (primary N) is 1. The maximum atomic E-state index is 12.4. The first-order valence-corrected chi connectivity index (χ1v) is 7.30. The standard InChI is InChI=1S/C16H24N2O/c1-2-14(10-12-8-9-12)18-16(19)15(11-17)13-6-4-3-5-7-13/h3-7,12,14-15H,2,8-11,17H2,1H3,(H,18,19). The molecule has 1 aromatic rings. The van der Waals surface area contributed by atoms with Crippen molar-refractivity contribution in [2.24, 2.45) is 11.7 Å². The largest absolute Gasteiger partial charge is 0.353 e. The van der Waals surface area contributed by atoms with Gasteiger partial charge in [-0.1, -0.05) is 50.1 Å². The van der Waals surface area contributed by atoms with Gasteiger partial charge in [0, 0.05) is 12.6 Å². The Hall–Kier alpha value is -1.35. The molecule has 1 aliphatic rings. The van der Waals surface area contributed by atoms with Crippen molar-refractivity contribution in [2.75, 3.05) is 6.54 Å². The number of benzene rings is 1. The Labute approximate surface area is 115 Å². The minimum absolute atomic E-state index is 0.0706. The van der Waals surface area contributed by atoms with Gasteiger partial charge >= 0.3 is 0 Å². The summed E-state index contributed by atoms with van der Waals surface area (Å²) in [5.41, 5.74) is 6.78. The molecule has 2 rings (SSSR count). The third-order valence-electron chi connectivity index (χ3n) is 3.91. The smallest absolute Gasteiger partial charge is 0.229 e. The molecule has 1 saturated carbocycles. The molecular formula is C16H24N2O. The van der Waals surface area contributed by atoms with E-state index >= 15 is 0 Å². The number of hydrogen-bond donors (Lipinski definition) is 2. The molecule has 19 heavy (non-hydrogen) atoms. The topological polar surface area (TPSA) is 55.1 Å². The molecule has 1 amide bonds. The average molecular weight is 260 g/mol. The normalized spacial score (nSPS) is 17.8. The molecule has 104 valence electrons. The Balaban J connectivity index is 1.95. The lowest BCUT2D eigenvalue weighted by atomic mass is 9.97. The fraction of sp³-hybridized carbons (Fsp3) is 0.562. The van der Waals surface area contributed by atoms with Crippen LogP contribution in [0.1, 0.15) is 44.1 Å². The maximum Gasteiger partial charge on any atom is 0.229 e. The van der Waals surface area contributed by atoms with E-state index in [0.717, 1.165) is 24.3 Å². The number of hydrogen-bond acceptors (Lipinski definition) is 2. The van der Waals surface area contributed by atoms with Gasteiger partial charge in [0.05, 0.1) is 5.92 Å². The molecule has 1 aromatic carbocycles. The van der Waals surface area contributed by atoms with E-state index in [4.69, 9.17) is 5.73 Å². The van der Waals surface area contributed by atoms with Gasteiger partial charge in [-0.05, 0) is 24.3 Å². The van der Waals surface area contributed by atoms with E-state index in [1.165, 1.54) is 12.8 Å². The van der Waals surface area contributed by atoms with Crippen LogP contribution >= 0.6 is 0 Å². The van der Waals surface area contributed by atoms with Gasteiger partial charge in [0.15, 0.2) is 0 Å². The van der Waals surface area contributed by atoms with E-state index in [0.29, 0.717) is 12.6 Å². The van der Waals surface area contributed by atoms with Gasteiger partial charge in [-0.3, -0.25) is 4.79 Å². The van der Waals surface area contributed by atoms with Gasteiger partial charge in [-0.15, -0.1) is 0 Å². The van der Waals surface area contributed by atoms with Gasteiger partial charge in [0.25, 0.3) is 0 Å². The van der Waals surface area contributed by atoms with Crippen LogP contribution in [0.2, 0.25) is 0 Å². The first-order chi connectivity index (χ1) is 9.24. The first kappa shape index (κ1) is 14.1. The molecule has 0 aromatic heterocycles. The molecule has 2 atom stereocenters. The van der Waals surface area contributed by atoms with E-state index in [-0.39, 0.29) is 11.8 Å². The summed E-state index contributed by atoms with van der Waals surface area (Å²) in [5, 5.41) is 3.17. The second kappa shape index (κ2) is 6.71. The second-order valence-electron chi connectivity index (χ2n) is 5.49. The fourth-order valence-electron chi connectivity index (χ4n) is 2.47. The monoisotopic (exact) mass is 260 g/mol. The van der Waals surface area contributed by atoms with Crippen LogP contribution in [0.4, 0.5) is 0 Å². The predicted molar refractivity (Wildman–Crippen MR) is 77.8 cm³/mol. The highest BCUT2D eigenvalue weighted by Crippen LogP contribution is 2.34. The van der Waals surface area contributed by atoms with Crippen molar-refractivity contribution in [3.63, 3.8) is 0 Å². The van der Waals surface area contributed by atoms with Crippen LogP contribution in [0, 0.1) is 5.92 Å². The Morgan fingerprint density at radius 1 is 1.37 bits per heavy atom. The summed E-state index contributed by atoms with van der Waals surface area (Å²) in [4.78, 5) is 12.4. The van der Waals surface area contributed by atoms with Crippen molar-refractivity contribution in [3.8, 4) is 0 Å². The molecule has 0 radical (unpaired) electrons. The highest BCUT2D eigenvalue weighted by molar-refractivity contribution is 5.84. The van der Waals surface area contributed by atoms with Crippen LogP contribution in [-0.4, -0.2) is 18.5 Å². The molecule has 0 aliphatic heterocycles. The highest BCUT2D eigenvalue weighted by atomic mass is 16.1. The molecule has 1 aliphatic carbocycles. The van der Waals surface area contributed by atoms with Crippen LogP contribution in [0.5, 0.6) is 0 Å². The maximum absolute atomic E-state index is 12.4. The molecule has 3 N–H and O–H groups in total. The summed E-state index contributed by atoms with van der Waals surface area (Å²) in [5.74, 6) is 0.675. The van der Waals surface area contributed by atoms with Crippen molar-refractivity contribution < 1.29 is 4.79 Å². The van der Waals surface area contributed by atoms with E-state index in [1.807, 2.05) is 30.3 Å². The van der Waals surface area contributed by atoms with Crippen LogP contribution < -0.4 is 11.1 Å². The minimum atomic E-state index is -0.227. The zero-order valence-corrected chi connectivity index (χ0v) is 11.6. The van der Waals surface area contributed by atoms with Crippen molar-refractivity contribution >= 4 is 5.91 Å². The van der Waals surface area contributed by atoms with Gasteiger partial charge < -0.3 is 11.1 Å². The second-order valence-corrected chi connectivity index (χ2v) is 5.49. The van der Waals surface area contributed by atoms with Crippen molar-refractivity contribution in [3.05, 3.63) is 35.9 Å². The number of carbonyl (C=O) groups is 1. The highest BCUT2D eigenvalue weighted by Gasteiger charge is 2.27. The van der Waals surface area contributed by atoms with Crippen LogP contribution in [0.3, 0.4) is 0 Å². The first-order valence-electron chi connectivity index (χ1n) is 7.30. The molecule has 3 nitrogen and oxygen atoms in total. The van der Waals surface area contributed by atoms with Crippen molar-refractivity contribution in [2.45, 2.75) is 44.6 Å². The third-order valence-corrected chi connectivity index (χ3v) is 3.91. The lowest BCUT2D eigenvalue weighted by molar-refractivity contribution is -0.123. The summed E-state index contributed by atoms with van der Waals surface area (Å²) in [6, 6.07) is 10.1. The summed E-state index contributed by atoms with van der Waals surface area (Å²) < 4.78 is 0. The summed E-state index contributed by atoms with van der Waals surface area (Å²) in [7, 11) is 0. The van der Waals surface area contributed by atoms with Crippen molar-refractivity contribution in [1.29, 1.82) is 0 Å². The van der Waals surface area contributed by atoms with Crippen LogP contribution in [-0.2, 0) is 4.79 Å². The zero-order valence-electron chi connectivity index (χ0n) is 11.6. The molecule has 0 saturated heterocycles. The molecule has 0 spiro atoms. The lowest BCUT2D eigenvalue weighted by Gasteiger charge is -2.21. The van der Waals surface area contributed by atoms with E-state index < -0.39 is 0 Å². The third kappa shape index (κ3) is 4.06. The van der Waals surface area contributed by atoms with E-state index in [1.54, 1.807) is 0 Å². The lowest BCUT2D eigenvalue weighted by Crippen LogP contribution is -2.40. The molecule has 0 bridgehead atoms. The minimum Gasteiger partial charge on any atom is -0.353 e. The number of rotatable bonds is 7. The van der Waals surface area contributed by atoms with Gasteiger partial charge in [0.2, 0.25) is 5.91 Å². The predicted octanol–water partition coefficient (Wildman–Crippen LogP) is 2.42. The number of nitrogens with one attached hydrogen (secondary N) is 1. The molecule has 3 heteroatoms. The fourth-order valence-corrected chi connectivity index (χ4v) is 2.47. The number of amides is 1. The van der Waals surface area contributed by atoms with Gasteiger partial charge in [0.1, 0.15) is 0 Å². The Morgan fingerprint density at radius 2 is 2.05 bits per heavy atom. The SMILES string of the molecule is CCC(CC1CC1)NC(=O)C(CN)c1ccccc1. The van der Waals surface area contributed by atoms with E-state index in [2.05, 4.69) is 12.2 Å². The van der Waals surface area contributed by atoms with Gasteiger partial charge in [-0.25, -0.2) is 0 Å². The van der Waals surface area contributed by atoms with E-state index in [9.17, 15) is 4.79 Å². The summed E-state index contributed by atoms with van der Waals surface area (Å²) in [6.45, 7) is 2.49. The molecule has 1 fully saturated rings. The van der Waals surface area contributed by atoms with Crippen LogP contribution in [0.25, 0.3) is 0 Å². The molecular weight excluding hydrogens is 236 g/mol.